The number of nitrogens with two attached hydrogens (primary N) is 1. The molecule has 0 saturated carbocycles. The third kappa shape index (κ3) is 4.44. The van der Waals surface area contributed by atoms with Gasteiger partial charge in [-0.2, -0.15) is 0 Å². The van der Waals surface area contributed by atoms with Gasteiger partial charge in [-0.1, -0.05) is 30.3 Å². The number of furan rings is 2. The summed E-state index contributed by atoms with van der Waals surface area (Å²) in [5.74, 6) is 0.279. The van der Waals surface area contributed by atoms with Crippen molar-refractivity contribution < 1.29 is 23.5 Å². The van der Waals surface area contributed by atoms with Gasteiger partial charge in [0.25, 0.3) is 0 Å². The Labute approximate surface area is 196 Å². The van der Waals surface area contributed by atoms with E-state index in [9.17, 15) is 9.90 Å². The first-order chi connectivity index (χ1) is 16.6. The summed E-state index contributed by atoms with van der Waals surface area (Å²) in [4.78, 5) is 11.4. The second kappa shape index (κ2) is 9.29. The highest BCUT2D eigenvalue weighted by Crippen LogP contribution is 2.33. The van der Waals surface area contributed by atoms with E-state index in [1.54, 1.807) is 18.6 Å². The summed E-state index contributed by atoms with van der Waals surface area (Å²) in [6, 6.07) is 23.1. The normalized spacial score (nSPS) is 11.1. The van der Waals surface area contributed by atoms with E-state index in [0.29, 0.717) is 23.6 Å². The van der Waals surface area contributed by atoms with Crippen LogP contribution in [0.15, 0.2) is 94.2 Å². The van der Waals surface area contributed by atoms with E-state index in [-0.39, 0.29) is 13.0 Å². The van der Waals surface area contributed by atoms with Gasteiger partial charge in [-0.25, -0.2) is 0 Å². The molecule has 0 amide bonds. The van der Waals surface area contributed by atoms with Crippen molar-refractivity contribution in [2.45, 2.75) is 19.6 Å². The van der Waals surface area contributed by atoms with Crippen molar-refractivity contribution in [2.24, 2.45) is 5.73 Å². The molecule has 0 fully saturated rings. The standard InChI is InChI=1S/C28H23NO5/c29-16-18-3-1-4-20(11-18)24-13-19(12-23-8-10-33-28(23)24)17-34-26-14-21(25-5-2-9-32-25)6-7-22(26)15-27(30)31/h1-14H,15-17,29H2,(H,30,31). The molecule has 0 aliphatic heterocycles. The summed E-state index contributed by atoms with van der Waals surface area (Å²) in [5, 5.41) is 10.3. The number of fused-ring (bicyclic) bond motifs is 1. The minimum Gasteiger partial charge on any atom is -0.489 e. The van der Waals surface area contributed by atoms with Gasteiger partial charge in [0.15, 0.2) is 0 Å². The van der Waals surface area contributed by atoms with Gasteiger partial charge in [0.1, 0.15) is 23.7 Å². The van der Waals surface area contributed by atoms with Crippen molar-refractivity contribution in [1.29, 1.82) is 0 Å². The fourth-order valence-corrected chi connectivity index (χ4v) is 4.06. The minimum atomic E-state index is -0.919. The fraction of sp³-hybridized carbons (Fsp3) is 0.107. The van der Waals surface area contributed by atoms with Crippen LogP contribution in [0, 0.1) is 0 Å². The number of benzene rings is 3. The molecular weight excluding hydrogens is 430 g/mol. The van der Waals surface area contributed by atoms with E-state index in [0.717, 1.165) is 38.8 Å². The van der Waals surface area contributed by atoms with Crippen LogP contribution in [0.5, 0.6) is 5.75 Å². The third-order valence-electron chi connectivity index (χ3n) is 5.69. The highest BCUT2D eigenvalue weighted by Gasteiger charge is 2.14. The Bertz CT molecular complexity index is 1450. The van der Waals surface area contributed by atoms with Crippen molar-refractivity contribution in [2.75, 3.05) is 0 Å². The smallest absolute Gasteiger partial charge is 0.307 e. The molecule has 6 heteroatoms. The van der Waals surface area contributed by atoms with Crippen molar-refractivity contribution in [1.82, 2.24) is 0 Å². The van der Waals surface area contributed by atoms with Gasteiger partial charge in [-0.15, -0.1) is 0 Å². The zero-order valence-corrected chi connectivity index (χ0v) is 18.4. The Kier molecular flexibility index (Phi) is 5.89. The molecule has 34 heavy (non-hydrogen) atoms. The molecular formula is C28H23NO5. The molecule has 2 aromatic heterocycles. The van der Waals surface area contributed by atoms with Gasteiger partial charge in [-0.05, 0) is 59.2 Å². The van der Waals surface area contributed by atoms with Gasteiger partial charge in [-0.3, -0.25) is 4.79 Å². The molecule has 0 bridgehead atoms. The zero-order chi connectivity index (χ0) is 23.5. The van der Waals surface area contributed by atoms with Crippen LogP contribution >= 0.6 is 0 Å². The maximum atomic E-state index is 11.4. The molecule has 3 N–H and O–H groups in total. The Morgan fingerprint density at radius 1 is 0.882 bits per heavy atom. The highest BCUT2D eigenvalue weighted by atomic mass is 16.5. The Morgan fingerprint density at radius 3 is 2.59 bits per heavy atom. The predicted octanol–water partition coefficient (Wildman–Crippen LogP) is 6.02. The molecule has 0 aliphatic carbocycles. The average Bonchev–Trinajstić information content (AvgIpc) is 3.55. The summed E-state index contributed by atoms with van der Waals surface area (Å²) in [7, 11) is 0. The number of carbonyl (C=O) groups is 1. The van der Waals surface area contributed by atoms with Crippen LogP contribution in [0.1, 0.15) is 16.7 Å². The summed E-state index contributed by atoms with van der Waals surface area (Å²) in [5.41, 5.74) is 12.0. The van der Waals surface area contributed by atoms with Crippen molar-refractivity contribution in [3.8, 4) is 28.2 Å². The molecule has 3 aromatic carbocycles. The molecule has 6 nitrogen and oxygen atoms in total. The summed E-state index contributed by atoms with van der Waals surface area (Å²) in [6.07, 6.45) is 3.14. The highest BCUT2D eigenvalue weighted by molar-refractivity contribution is 5.93. The number of carboxylic acids is 1. The first-order valence-electron chi connectivity index (χ1n) is 10.9. The second-order valence-corrected chi connectivity index (χ2v) is 8.05. The van der Waals surface area contributed by atoms with Crippen molar-refractivity contribution >= 4 is 16.9 Å². The van der Waals surface area contributed by atoms with E-state index in [2.05, 4.69) is 6.07 Å². The molecule has 5 rings (SSSR count). The third-order valence-corrected chi connectivity index (χ3v) is 5.69. The summed E-state index contributed by atoms with van der Waals surface area (Å²) < 4.78 is 17.4. The Hall–Kier alpha value is -4.29. The van der Waals surface area contributed by atoms with Crippen LogP contribution in [0.3, 0.4) is 0 Å². The van der Waals surface area contributed by atoms with Crippen LogP contribution in [-0.4, -0.2) is 11.1 Å². The second-order valence-electron chi connectivity index (χ2n) is 8.05. The molecule has 0 unspecified atom stereocenters. The maximum Gasteiger partial charge on any atom is 0.307 e. The first kappa shape index (κ1) is 21.6. The summed E-state index contributed by atoms with van der Waals surface area (Å²) in [6.45, 7) is 0.717. The predicted molar refractivity (Wildman–Crippen MR) is 129 cm³/mol. The molecule has 0 spiro atoms. The lowest BCUT2D eigenvalue weighted by Gasteiger charge is -2.13. The number of aliphatic carboxylic acids is 1. The molecule has 2 heterocycles. The number of carboxylic acid groups (broad SMARTS) is 1. The first-order valence-corrected chi connectivity index (χ1v) is 10.9. The lowest BCUT2D eigenvalue weighted by molar-refractivity contribution is -0.136. The van der Waals surface area contributed by atoms with Gasteiger partial charge in [0.2, 0.25) is 0 Å². The van der Waals surface area contributed by atoms with E-state index < -0.39 is 5.97 Å². The minimum absolute atomic E-state index is 0.133. The maximum absolute atomic E-state index is 11.4. The van der Waals surface area contributed by atoms with E-state index in [4.69, 9.17) is 19.3 Å². The lowest BCUT2D eigenvalue weighted by atomic mass is 9.99. The molecule has 0 atom stereocenters. The lowest BCUT2D eigenvalue weighted by Crippen LogP contribution is -2.04. The molecule has 0 aliphatic rings. The largest absolute Gasteiger partial charge is 0.489 e. The quantitative estimate of drug-likeness (QED) is 0.298. The molecule has 0 radical (unpaired) electrons. The molecule has 5 aromatic rings. The Morgan fingerprint density at radius 2 is 1.79 bits per heavy atom. The fourth-order valence-electron chi connectivity index (χ4n) is 4.06. The van der Waals surface area contributed by atoms with Gasteiger partial charge >= 0.3 is 5.97 Å². The number of hydrogen-bond donors (Lipinski definition) is 2. The van der Waals surface area contributed by atoms with E-state index >= 15 is 0 Å². The Balaban J connectivity index is 1.49. The zero-order valence-electron chi connectivity index (χ0n) is 18.4. The topological polar surface area (TPSA) is 98.8 Å². The van der Waals surface area contributed by atoms with Crippen LogP contribution in [0.4, 0.5) is 0 Å². The van der Waals surface area contributed by atoms with Gasteiger partial charge < -0.3 is 24.4 Å². The van der Waals surface area contributed by atoms with E-state index in [1.165, 1.54) is 0 Å². The summed E-state index contributed by atoms with van der Waals surface area (Å²) >= 11 is 0. The van der Waals surface area contributed by atoms with Crippen LogP contribution in [-0.2, 0) is 24.4 Å². The number of ether oxygens (including phenoxy) is 1. The monoisotopic (exact) mass is 453 g/mol. The van der Waals surface area contributed by atoms with Gasteiger partial charge in [0, 0.05) is 28.6 Å². The van der Waals surface area contributed by atoms with Gasteiger partial charge in [0.05, 0.1) is 18.9 Å². The van der Waals surface area contributed by atoms with Crippen molar-refractivity contribution in [3.63, 3.8) is 0 Å². The average molecular weight is 453 g/mol. The number of rotatable bonds is 8. The molecule has 170 valence electrons. The van der Waals surface area contributed by atoms with Crippen molar-refractivity contribution in [3.05, 3.63) is 102 Å². The van der Waals surface area contributed by atoms with Crippen LogP contribution in [0.2, 0.25) is 0 Å². The molecule has 0 saturated heterocycles. The number of hydrogen-bond acceptors (Lipinski definition) is 5. The van der Waals surface area contributed by atoms with E-state index in [1.807, 2.05) is 60.7 Å². The van der Waals surface area contributed by atoms with Crippen LogP contribution < -0.4 is 10.5 Å². The van der Waals surface area contributed by atoms with Crippen LogP contribution in [0.25, 0.3) is 33.4 Å². The SMILES string of the molecule is NCc1cccc(-c2cc(COc3cc(-c4ccco4)ccc3CC(=O)O)cc3ccoc23)c1.